The fraction of sp³-hybridized carbons (Fsp3) is 0.429. The van der Waals surface area contributed by atoms with Gasteiger partial charge in [-0.25, -0.2) is 13.4 Å². The van der Waals surface area contributed by atoms with Crippen molar-refractivity contribution in [3.63, 3.8) is 0 Å². The molecule has 0 fully saturated rings. The summed E-state index contributed by atoms with van der Waals surface area (Å²) in [6.45, 7) is 3.57. The van der Waals surface area contributed by atoms with E-state index in [-0.39, 0.29) is 10.9 Å². The van der Waals surface area contributed by atoms with E-state index in [1.54, 1.807) is 19.1 Å². The van der Waals surface area contributed by atoms with E-state index in [0.29, 0.717) is 6.42 Å². The molecule has 2 unspecified atom stereocenters. The number of sulfonamides is 1. The van der Waals surface area contributed by atoms with Crippen LogP contribution in [0.15, 0.2) is 34.2 Å². The Morgan fingerprint density at radius 3 is 2.30 bits per heavy atom. The van der Waals surface area contributed by atoms with Crippen molar-refractivity contribution in [3.05, 3.63) is 29.8 Å². The molecule has 0 amide bonds. The molecule has 0 bridgehead atoms. The van der Waals surface area contributed by atoms with Crippen LogP contribution in [0.3, 0.4) is 0 Å². The highest BCUT2D eigenvalue weighted by Crippen LogP contribution is 2.14. The maximum Gasteiger partial charge on any atom is 0.326 e. The number of aliphatic imine (C=N–C) groups is 1. The number of guanidine groups is 1. The highest BCUT2D eigenvalue weighted by molar-refractivity contribution is 7.89. The number of methoxy groups -OCH3 is 1. The Bertz CT molecular complexity index is 667. The van der Waals surface area contributed by atoms with E-state index in [9.17, 15) is 13.2 Å². The molecular weight excluding hydrogens is 320 g/mol. The van der Waals surface area contributed by atoms with E-state index in [1.807, 2.05) is 6.92 Å². The van der Waals surface area contributed by atoms with E-state index < -0.39 is 28.1 Å². The van der Waals surface area contributed by atoms with Crippen LogP contribution in [-0.4, -0.2) is 39.5 Å². The van der Waals surface area contributed by atoms with Gasteiger partial charge in [0.15, 0.2) is 5.96 Å². The molecule has 8 nitrogen and oxygen atoms in total. The highest BCUT2D eigenvalue weighted by Gasteiger charge is 2.33. The normalized spacial score (nSPS) is 13.9. The molecule has 128 valence electrons. The molecule has 0 aromatic heterocycles. The average Bonchev–Trinajstić information content (AvgIpc) is 2.50. The molecule has 1 aromatic carbocycles. The number of benzene rings is 1. The Balaban J connectivity index is 3.16. The fourth-order valence-electron chi connectivity index (χ4n) is 1.96. The number of carbonyl (C=O) groups excluding carboxylic acids is 1. The van der Waals surface area contributed by atoms with Gasteiger partial charge in [0, 0.05) is 0 Å². The van der Waals surface area contributed by atoms with Crippen LogP contribution in [0.5, 0.6) is 0 Å². The van der Waals surface area contributed by atoms with Crippen molar-refractivity contribution < 1.29 is 17.9 Å². The van der Waals surface area contributed by atoms with Gasteiger partial charge < -0.3 is 16.2 Å². The second-order valence-corrected chi connectivity index (χ2v) is 6.68. The number of esters is 1. The van der Waals surface area contributed by atoms with Gasteiger partial charge in [0.25, 0.3) is 0 Å². The van der Waals surface area contributed by atoms with Gasteiger partial charge in [-0.15, -0.1) is 0 Å². The first-order chi connectivity index (χ1) is 10.7. The topological polar surface area (TPSA) is 137 Å². The van der Waals surface area contributed by atoms with Gasteiger partial charge in [-0.1, -0.05) is 24.6 Å². The second-order valence-electron chi connectivity index (χ2n) is 4.96. The summed E-state index contributed by atoms with van der Waals surface area (Å²) >= 11 is 0. The predicted octanol–water partition coefficient (Wildman–Crippen LogP) is -0.133. The molecule has 1 aromatic rings. The molecule has 0 aliphatic rings. The van der Waals surface area contributed by atoms with Crippen LogP contribution >= 0.6 is 0 Å². The van der Waals surface area contributed by atoms with Crippen LogP contribution in [0.25, 0.3) is 0 Å². The van der Waals surface area contributed by atoms with Crippen LogP contribution in [0, 0.1) is 6.92 Å². The van der Waals surface area contributed by atoms with Crippen molar-refractivity contribution in [3.8, 4) is 0 Å². The Kier molecular flexibility index (Phi) is 6.52. The molecule has 9 heteroatoms. The first kappa shape index (κ1) is 18.9. The maximum absolute atomic E-state index is 12.5. The Hall–Kier alpha value is -2.13. The summed E-state index contributed by atoms with van der Waals surface area (Å²) in [5, 5.41) is 0. The number of hydrogen-bond acceptors (Lipinski definition) is 5. The van der Waals surface area contributed by atoms with Crippen molar-refractivity contribution in [2.75, 3.05) is 7.11 Å². The Labute approximate surface area is 136 Å². The zero-order chi connectivity index (χ0) is 17.6. The Morgan fingerprint density at radius 1 is 1.30 bits per heavy atom. The van der Waals surface area contributed by atoms with E-state index in [0.717, 1.165) is 12.7 Å². The molecule has 0 aliphatic carbocycles. The summed E-state index contributed by atoms with van der Waals surface area (Å²) in [4.78, 5) is 15.9. The van der Waals surface area contributed by atoms with E-state index >= 15 is 0 Å². The van der Waals surface area contributed by atoms with E-state index in [2.05, 4.69) is 14.5 Å². The first-order valence-electron chi connectivity index (χ1n) is 6.96. The zero-order valence-electron chi connectivity index (χ0n) is 13.3. The van der Waals surface area contributed by atoms with Crippen LogP contribution in [0.1, 0.15) is 18.9 Å². The van der Waals surface area contributed by atoms with Crippen LogP contribution in [0.2, 0.25) is 0 Å². The third-order valence-corrected chi connectivity index (χ3v) is 4.64. The lowest BCUT2D eigenvalue weighted by Gasteiger charge is -2.22. The zero-order valence-corrected chi connectivity index (χ0v) is 14.1. The van der Waals surface area contributed by atoms with Gasteiger partial charge in [0.2, 0.25) is 10.0 Å². The number of nitrogens with zero attached hydrogens (tertiary/aromatic N) is 1. The molecule has 5 N–H and O–H groups in total. The van der Waals surface area contributed by atoms with Gasteiger partial charge in [0.05, 0.1) is 18.0 Å². The summed E-state index contributed by atoms with van der Waals surface area (Å²) in [5.41, 5.74) is 11.6. The maximum atomic E-state index is 12.5. The van der Waals surface area contributed by atoms with Gasteiger partial charge in [-0.3, -0.25) is 4.79 Å². The van der Waals surface area contributed by atoms with Gasteiger partial charge in [-0.2, -0.15) is 4.72 Å². The molecule has 2 atom stereocenters. The molecule has 0 radical (unpaired) electrons. The molecule has 1 rings (SSSR count). The number of rotatable bonds is 7. The molecule has 0 aliphatic heterocycles. The second kappa shape index (κ2) is 7.93. The third kappa shape index (κ3) is 5.22. The molecule has 0 spiro atoms. The standard InChI is InChI=1S/C14H22N4O4S/c1-4-11(17-14(15)16)12(13(19)22-3)18-23(20,21)10-7-5-9(2)6-8-10/h5-8,11-12,18H,4H2,1-3H3,(H4,15,16,17). The SMILES string of the molecule is CCC(N=C(N)N)C(NS(=O)(=O)c1ccc(C)cc1)C(=O)OC. The molecule has 0 saturated heterocycles. The molecule has 23 heavy (non-hydrogen) atoms. The monoisotopic (exact) mass is 342 g/mol. The van der Waals surface area contributed by atoms with Crippen molar-refractivity contribution in [2.24, 2.45) is 16.5 Å². The summed E-state index contributed by atoms with van der Waals surface area (Å²) < 4.78 is 31.9. The van der Waals surface area contributed by atoms with Crippen molar-refractivity contribution >= 4 is 22.0 Å². The number of carbonyl (C=O) groups is 1. The lowest BCUT2D eigenvalue weighted by Crippen LogP contribution is -2.49. The minimum atomic E-state index is -3.92. The predicted molar refractivity (Wildman–Crippen MR) is 87.2 cm³/mol. The third-order valence-electron chi connectivity index (χ3n) is 3.19. The fourth-order valence-corrected chi connectivity index (χ4v) is 3.17. The average molecular weight is 342 g/mol. The lowest BCUT2D eigenvalue weighted by molar-refractivity contribution is -0.143. The number of ether oxygens (including phenoxy) is 1. The minimum absolute atomic E-state index is 0.0385. The number of aryl methyl sites for hydroxylation is 1. The molecule has 0 heterocycles. The van der Waals surface area contributed by atoms with Gasteiger partial charge in [0.1, 0.15) is 6.04 Å². The summed E-state index contributed by atoms with van der Waals surface area (Å²) in [6, 6.07) is 4.23. The van der Waals surface area contributed by atoms with Crippen LogP contribution in [-0.2, 0) is 19.6 Å². The summed E-state index contributed by atoms with van der Waals surface area (Å²) in [6.07, 6.45) is 0.341. The smallest absolute Gasteiger partial charge is 0.326 e. The number of nitrogens with two attached hydrogens (primary N) is 2. The van der Waals surface area contributed by atoms with Gasteiger partial charge >= 0.3 is 5.97 Å². The van der Waals surface area contributed by atoms with Crippen molar-refractivity contribution in [1.29, 1.82) is 0 Å². The lowest BCUT2D eigenvalue weighted by atomic mass is 10.1. The first-order valence-corrected chi connectivity index (χ1v) is 8.45. The minimum Gasteiger partial charge on any atom is -0.468 e. The molecular formula is C14H22N4O4S. The largest absolute Gasteiger partial charge is 0.468 e. The highest BCUT2D eigenvalue weighted by atomic mass is 32.2. The Morgan fingerprint density at radius 2 is 1.87 bits per heavy atom. The van der Waals surface area contributed by atoms with E-state index in [4.69, 9.17) is 11.5 Å². The number of nitrogens with one attached hydrogen (secondary N) is 1. The van der Waals surface area contributed by atoms with Crippen molar-refractivity contribution in [2.45, 2.75) is 37.2 Å². The molecule has 0 saturated carbocycles. The summed E-state index contributed by atoms with van der Waals surface area (Å²) in [7, 11) is -2.76. The number of hydrogen-bond donors (Lipinski definition) is 3. The summed E-state index contributed by atoms with van der Waals surface area (Å²) in [5.74, 6) is -1.00. The van der Waals surface area contributed by atoms with Crippen LogP contribution in [0.4, 0.5) is 0 Å². The quantitative estimate of drug-likeness (QED) is 0.358. The van der Waals surface area contributed by atoms with Crippen LogP contribution < -0.4 is 16.2 Å². The van der Waals surface area contributed by atoms with E-state index in [1.165, 1.54) is 12.1 Å². The van der Waals surface area contributed by atoms with Gasteiger partial charge in [-0.05, 0) is 25.5 Å². The van der Waals surface area contributed by atoms with Crippen molar-refractivity contribution in [1.82, 2.24) is 4.72 Å².